The van der Waals surface area contributed by atoms with Crippen LogP contribution in [0.25, 0.3) is 0 Å². The van der Waals surface area contributed by atoms with Gasteiger partial charge in [-0.1, -0.05) is 23.7 Å². The van der Waals surface area contributed by atoms with E-state index in [1.165, 1.54) is 0 Å². The molecule has 1 saturated heterocycles. The Labute approximate surface area is 95.3 Å². The highest BCUT2D eigenvalue weighted by Gasteiger charge is 2.32. The molecular formula is C12H16ClNO. The molecule has 1 fully saturated rings. The fourth-order valence-corrected chi connectivity index (χ4v) is 2.52. The van der Waals surface area contributed by atoms with Crippen LogP contribution in [0.4, 0.5) is 0 Å². The predicted molar refractivity (Wildman–Crippen MR) is 62.2 cm³/mol. The molecule has 2 rings (SSSR count). The zero-order chi connectivity index (χ0) is 10.9. The van der Waals surface area contributed by atoms with Crippen LogP contribution >= 0.6 is 11.6 Å². The van der Waals surface area contributed by atoms with E-state index in [2.05, 4.69) is 5.32 Å². The molecule has 0 unspecified atom stereocenters. The Kier molecular flexibility index (Phi) is 3.01. The van der Waals surface area contributed by atoms with Crippen molar-refractivity contribution in [3.8, 4) is 0 Å². The minimum atomic E-state index is -0.740. The van der Waals surface area contributed by atoms with Crippen molar-refractivity contribution in [3.63, 3.8) is 0 Å². The monoisotopic (exact) mass is 225 g/mol. The fourth-order valence-electron chi connectivity index (χ4n) is 2.11. The van der Waals surface area contributed by atoms with Gasteiger partial charge >= 0.3 is 0 Å². The van der Waals surface area contributed by atoms with Gasteiger partial charge in [-0.05, 0) is 44.5 Å². The van der Waals surface area contributed by atoms with Crippen LogP contribution in [0.1, 0.15) is 24.0 Å². The summed E-state index contributed by atoms with van der Waals surface area (Å²) in [5.41, 5.74) is 1.26. The normalized spacial score (nSPS) is 20.2. The summed E-state index contributed by atoms with van der Waals surface area (Å²) in [6.45, 7) is 3.70. The average molecular weight is 226 g/mol. The van der Waals surface area contributed by atoms with E-state index in [0.717, 1.165) is 37.1 Å². The summed E-state index contributed by atoms with van der Waals surface area (Å²) in [5, 5.41) is 14.4. The second kappa shape index (κ2) is 4.12. The lowest BCUT2D eigenvalue weighted by Gasteiger charge is -2.33. The van der Waals surface area contributed by atoms with Gasteiger partial charge in [-0.25, -0.2) is 0 Å². The summed E-state index contributed by atoms with van der Waals surface area (Å²) in [7, 11) is 0. The first-order chi connectivity index (χ1) is 7.12. The predicted octanol–water partition coefficient (Wildman–Crippen LogP) is 2.22. The SMILES string of the molecule is Cc1ccc(C2(O)CCNCC2)c(Cl)c1. The maximum atomic E-state index is 10.5. The number of halogens is 1. The van der Waals surface area contributed by atoms with E-state index in [-0.39, 0.29) is 0 Å². The molecule has 3 heteroatoms. The molecule has 1 aromatic carbocycles. The zero-order valence-corrected chi connectivity index (χ0v) is 9.64. The molecule has 0 spiro atoms. The van der Waals surface area contributed by atoms with Crippen molar-refractivity contribution in [1.29, 1.82) is 0 Å². The van der Waals surface area contributed by atoms with Crippen molar-refractivity contribution >= 4 is 11.6 Å². The molecule has 1 aromatic rings. The highest BCUT2D eigenvalue weighted by atomic mass is 35.5. The molecule has 0 radical (unpaired) electrons. The van der Waals surface area contributed by atoms with Crippen LogP contribution in [0.15, 0.2) is 18.2 Å². The molecule has 0 bridgehead atoms. The van der Waals surface area contributed by atoms with Crippen LogP contribution < -0.4 is 5.32 Å². The molecule has 15 heavy (non-hydrogen) atoms. The topological polar surface area (TPSA) is 32.3 Å². The Hall–Kier alpha value is -0.570. The van der Waals surface area contributed by atoms with Gasteiger partial charge in [0.2, 0.25) is 0 Å². The molecule has 1 aliphatic heterocycles. The quantitative estimate of drug-likeness (QED) is 0.768. The van der Waals surface area contributed by atoms with Crippen molar-refractivity contribution in [1.82, 2.24) is 5.32 Å². The third-order valence-electron chi connectivity index (χ3n) is 3.06. The van der Waals surface area contributed by atoms with Crippen molar-refractivity contribution in [3.05, 3.63) is 34.3 Å². The van der Waals surface area contributed by atoms with Gasteiger partial charge in [0.25, 0.3) is 0 Å². The van der Waals surface area contributed by atoms with Gasteiger partial charge in [0.15, 0.2) is 0 Å². The number of aryl methyl sites for hydroxylation is 1. The summed E-state index contributed by atoms with van der Waals surface area (Å²) in [6.07, 6.45) is 1.46. The van der Waals surface area contributed by atoms with Crippen molar-refractivity contribution in [2.45, 2.75) is 25.4 Å². The number of rotatable bonds is 1. The zero-order valence-electron chi connectivity index (χ0n) is 8.89. The Morgan fingerprint density at radius 3 is 2.60 bits per heavy atom. The molecule has 0 aromatic heterocycles. The highest BCUT2D eigenvalue weighted by Crippen LogP contribution is 2.35. The molecule has 2 N–H and O–H groups in total. The Bertz CT molecular complexity index is 359. The standard InChI is InChI=1S/C12H16ClNO/c1-9-2-3-10(11(13)8-9)12(15)4-6-14-7-5-12/h2-3,8,14-15H,4-7H2,1H3. The summed E-state index contributed by atoms with van der Waals surface area (Å²) in [6, 6.07) is 5.86. The number of benzene rings is 1. The third kappa shape index (κ3) is 2.17. The van der Waals surface area contributed by atoms with Crippen molar-refractivity contribution < 1.29 is 5.11 Å². The molecule has 82 valence electrons. The molecule has 1 heterocycles. The molecule has 0 atom stereocenters. The van der Waals surface area contributed by atoms with Gasteiger partial charge in [0.05, 0.1) is 5.60 Å². The Balaban J connectivity index is 2.35. The van der Waals surface area contributed by atoms with Crippen molar-refractivity contribution in [2.75, 3.05) is 13.1 Å². The molecule has 0 saturated carbocycles. The second-order valence-electron chi connectivity index (χ2n) is 4.26. The van der Waals surface area contributed by atoms with Gasteiger partial charge in [0, 0.05) is 10.6 Å². The number of hydrogen-bond donors (Lipinski definition) is 2. The first kappa shape index (κ1) is 10.9. The van der Waals surface area contributed by atoms with Gasteiger partial charge in [-0.2, -0.15) is 0 Å². The van der Waals surface area contributed by atoms with E-state index in [0.29, 0.717) is 5.02 Å². The largest absolute Gasteiger partial charge is 0.385 e. The first-order valence-corrected chi connectivity index (χ1v) is 5.69. The van der Waals surface area contributed by atoms with E-state index in [1.807, 2.05) is 25.1 Å². The van der Waals surface area contributed by atoms with Gasteiger partial charge in [0.1, 0.15) is 0 Å². The summed E-state index contributed by atoms with van der Waals surface area (Å²) < 4.78 is 0. The van der Waals surface area contributed by atoms with Crippen LogP contribution in [0.2, 0.25) is 5.02 Å². The molecule has 1 aliphatic rings. The van der Waals surface area contributed by atoms with Crippen LogP contribution in [0, 0.1) is 6.92 Å². The maximum absolute atomic E-state index is 10.5. The summed E-state index contributed by atoms with van der Waals surface area (Å²) in [4.78, 5) is 0. The van der Waals surface area contributed by atoms with Gasteiger partial charge in [-0.15, -0.1) is 0 Å². The second-order valence-corrected chi connectivity index (χ2v) is 4.67. The highest BCUT2D eigenvalue weighted by molar-refractivity contribution is 6.31. The average Bonchev–Trinajstić information content (AvgIpc) is 2.18. The molecular weight excluding hydrogens is 210 g/mol. The van der Waals surface area contributed by atoms with E-state index >= 15 is 0 Å². The van der Waals surface area contributed by atoms with Crippen LogP contribution in [-0.2, 0) is 5.60 Å². The number of hydrogen-bond acceptors (Lipinski definition) is 2. The molecule has 0 aliphatic carbocycles. The van der Waals surface area contributed by atoms with Crippen LogP contribution in [0.3, 0.4) is 0 Å². The molecule has 2 nitrogen and oxygen atoms in total. The van der Waals surface area contributed by atoms with Gasteiger partial charge < -0.3 is 10.4 Å². The minimum absolute atomic E-state index is 0.680. The van der Waals surface area contributed by atoms with Crippen molar-refractivity contribution in [2.24, 2.45) is 0 Å². The fraction of sp³-hybridized carbons (Fsp3) is 0.500. The van der Waals surface area contributed by atoms with E-state index in [4.69, 9.17) is 11.6 Å². The molecule has 0 amide bonds. The lowest BCUT2D eigenvalue weighted by Crippen LogP contribution is -2.39. The lowest BCUT2D eigenvalue weighted by atomic mass is 9.85. The number of aliphatic hydroxyl groups is 1. The van der Waals surface area contributed by atoms with Crippen LogP contribution in [0.5, 0.6) is 0 Å². The minimum Gasteiger partial charge on any atom is -0.385 e. The Morgan fingerprint density at radius 1 is 1.33 bits per heavy atom. The number of nitrogens with one attached hydrogen (secondary N) is 1. The van der Waals surface area contributed by atoms with E-state index < -0.39 is 5.60 Å². The lowest BCUT2D eigenvalue weighted by molar-refractivity contribution is 0.00604. The third-order valence-corrected chi connectivity index (χ3v) is 3.37. The van der Waals surface area contributed by atoms with E-state index in [1.54, 1.807) is 0 Å². The smallest absolute Gasteiger partial charge is 0.0935 e. The van der Waals surface area contributed by atoms with E-state index in [9.17, 15) is 5.11 Å². The Morgan fingerprint density at radius 2 is 2.00 bits per heavy atom. The number of piperidine rings is 1. The first-order valence-electron chi connectivity index (χ1n) is 5.31. The van der Waals surface area contributed by atoms with Gasteiger partial charge in [-0.3, -0.25) is 0 Å². The van der Waals surface area contributed by atoms with Crippen LogP contribution in [-0.4, -0.2) is 18.2 Å². The maximum Gasteiger partial charge on any atom is 0.0935 e. The summed E-state index contributed by atoms with van der Waals surface area (Å²) >= 11 is 6.17. The summed E-state index contributed by atoms with van der Waals surface area (Å²) in [5.74, 6) is 0.